The van der Waals surface area contributed by atoms with E-state index in [2.05, 4.69) is 15.2 Å². The van der Waals surface area contributed by atoms with Crippen molar-refractivity contribution in [2.45, 2.75) is 33.0 Å². The summed E-state index contributed by atoms with van der Waals surface area (Å²) in [7, 11) is 1.59. The first kappa shape index (κ1) is 31.9. The summed E-state index contributed by atoms with van der Waals surface area (Å²) in [4.78, 5) is 46.9. The Kier molecular flexibility index (Phi) is 10.1. The van der Waals surface area contributed by atoms with Gasteiger partial charge in [-0.1, -0.05) is 73.7 Å². The molecular weight excluding hydrogens is 584 g/mol. The predicted octanol–water partition coefficient (Wildman–Crippen LogP) is 6.43. The zero-order valence-electron chi connectivity index (χ0n) is 26.0. The van der Waals surface area contributed by atoms with Crippen molar-refractivity contribution in [1.29, 1.82) is 0 Å². The first-order valence-electron chi connectivity index (χ1n) is 15.0. The summed E-state index contributed by atoms with van der Waals surface area (Å²) >= 11 is 0. The first-order chi connectivity index (χ1) is 22.3. The van der Waals surface area contributed by atoms with Crippen molar-refractivity contribution in [2.75, 3.05) is 30.4 Å². The van der Waals surface area contributed by atoms with Crippen molar-refractivity contribution in [3.05, 3.63) is 130 Å². The number of fused-ring (bicyclic) bond motifs is 1. The number of carbonyl (C=O) groups excluding carboxylic acids is 1. The third kappa shape index (κ3) is 7.24. The van der Waals surface area contributed by atoms with Crippen molar-refractivity contribution in [2.24, 2.45) is 0 Å². The molecule has 1 heterocycles. The Morgan fingerprint density at radius 2 is 1.61 bits per heavy atom. The highest BCUT2D eigenvalue weighted by Gasteiger charge is 2.27. The van der Waals surface area contributed by atoms with Gasteiger partial charge in [0.25, 0.3) is 6.01 Å². The fourth-order valence-corrected chi connectivity index (χ4v) is 5.51. The van der Waals surface area contributed by atoms with E-state index in [1.807, 2.05) is 67.6 Å². The van der Waals surface area contributed by atoms with E-state index in [9.17, 15) is 19.5 Å². The number of ketones is 1. The average Bonchev–Trinajstić information content (AvgIpc) is 3.07. The second-order valence-corrected chi connectivity index (χ2v) is 10.8. The molecule has 4 aromatic carbocycles. The van der Waals surface area contributed by atoms with Gasteiger partial charge in [0.2, 0.25) is 0 Å². The molecule has 5 rings (SSSR count). The molecule has 0 aliphatic rings. The second-order valence-electron chi connectivity index (χ2n) is 10.8. The lowest BCUT2D eigenvalue weighted by atomic mass is 9.99. The molecule has 0 radical (unpaired) electrons. The van der Waals surface area contributed by atoms with Crippen LogP contribution in [0.1, 0.15) is 35.2 Å². The highest BCUT2D eigenvalue weighted by molar-refractivity contribution is 5.89. The van der Waals surface area contributed by atoms with Crippen LogP contribution in [0.15, 0.2) is 106 Å². The fraction of sp³-hybridized carbons (Fsp3) is 0.222. The molecule has 10 nitrogen and oxygen atoms in total. The van der Waals surface area contributed by atoms with E-state index in [1.165, 1.54) is 4.90 Å². The Morgan fingerprint density at radius 1 is 0.935 bits per heavy atom. The molecule has 46 heavy (non-hydrogen) atoms. The van der Waals surface area contributed by atoms with Crippen LogP contribution in [0, 0.1) is 6.92 Å². The minimum absolute atomic E-state index is 0.0404. The van der Waals surface area contributed by atoms with Gasteiger partial charge >= 0.3 is 11.7 Å². The van der Waals surface area contributed by atoms with E-state index in [-0.39, 0.29) is 30.3 Å². The van der Waals surface area contributed by atoms with Gasteiger partial charge in [0.15, 0.2) is 5.78 Å². The zero-order valence-corrected chi connectivity index (χ0v) is 26.0. The van der Waals surface area contributed by atoms with E-state index in [1.54, 1.807) is 50.4 Å². The predicted molar refractivity (Wildman–Crippen MR) is 177 cm³/mol. The lowest BCUT2D eigenvalue weighted by Crippen LogP contribution is -2.36. The number of carbonyl (C=O) groups is 2. The van der Waals surface area contributed by atoms with Crippen LogP contribution < -0.4 is 20.6 Å². The summed E-state index contributed by atoms with van der Waals surface area (Å²) in [5.74, 6) is 0.559. The SMILES string of the molecule is CCN(Cc1ccccc1)[C@H](C(=O)CNc1nc2ccc(CN(C(=O)O)c3ccccc3)c(C)c2c(=O)o1)c1ccc(OC)cc1. The van der Waals surface area contributed by atoms with E-state index >= 15 is 0 Å². The first-order valence-corrected chi connectivity index (χ1v) is 15.0. The van der Waals surface area contributed by atoms with Crippen molar-refractivity contribution in [3.8, 4) is 5.75 Å². The summed E-state index contributed by atoms with van der Waals surface area (Å²) in [6, 6.07) is 28.9. The normalized spacial score (nSPS) is 11.7. The fourth-order valence-electron chi connectivity index (χ4n) is 5.51. The number of anilines is 2. The summed E-state index contributed by atoms with van der Waals surface area (Å²) in [6.45, 7) is 4.84. The number of Topliss-reactive ketones (excluding diaryl/α,β-unsaturated/α-hetero) is 1. The minimum atomic E-state index is -1.11. The minimum Gasteiger partial charge on any atom is -0.497 e. The van der Waals surface area contributed by atoms with Gasteiger partial charge in [-0.3, -0.25) is 14.6 Å². The maximum Gasteiger partial charge on any atom is 0.412 e. The number of hydrogen-bond acceptors (Lipinski definition) is 8. The molecule has 10 heteroatoms. The molecular formula is C36H36N4O6. The third-order valence-corrected chi connectivity index (χ3v) is 7.95. The number of aryl methyl sites for hydroxylation is 1. The highest BCUT2D eigenvalue weighted by atomic mass is 16.5. The maximum atomic E-state index is 13.8. The number of carboxylic acid groups (broad SMARTS) is 1. The lowest BCUT2D eigenvalue weighted by molar-refractivity contribution is -0.123. The van der Waals surface area contributed by atoms with Crippen LogP contribution in [0.4, 0.5) is 16.5 Å². The van der Waals surface area contributed by atoms with Gasteiger partial charge in [0, 0.05) is 12.2 Å². The number of benzene rings is 4. The van der Waals surface area contributed by atoms with Crippen molar-refractivity contribution >= 4 is 34.5 Å². The van der Waals surface area contributed by atoms with Gasteiger partial charge in [-0.15, -0.1) is 0 Å². The second kappa shape index (κ2) is 14.5. The molecule has 1 atom stereocenters. The highest BCUT2D eigenvalue weighted by Crippen LogP contribution is 2.27. The molecule has 5 aromatic rings. The third-order valence-electron chi connectivity index (χ3n) is 7.95. The monoisotopic (exact) mass is 620 g/mol. The molecule has 0 aliphatic heterocycles. The van der Waals surface area contributed by atoms with Crippen molar-refractivity contribution in [1.82, 2.24) is 9.88 Å². The molecule has 236 valence electrons. The smallest absolute Gasteiger partial charge is 0.412 e. The topological polar surface area (TPSA) is 125 Å². The van der Waals surface area contributed by atoms with Crippen LogP contribution in [0.5, 0.6) is 5.75 Å². The number of methoxy groups -OCH3 is 1. The molecule has 0 bridgehead atoms. The largest absolute Gasteiger partial charge is 0.497 e. The van der Waals surface area contributed by atoms with Crippen molar-refractivity contribution < 1.29 is 23.8 Å². The van der Waals surface area contributed by atoms with Crippen LogP contribution in [0.25, 0.3) is 10.9 Å². The van der Waals surface area contributed by atoms with Gasteiger partial charge in [0.05, 0.1) is 37.1 Å². The maximum absolute atomic E-state index is 13.8. The number of ether oxygens (including phenoxy) is 1. The van der Waals surface area contributed by atoms with Gasteiger partial charge in [-0.05, 0) is 66.1 Å². The van der Waals surface area contributed by atoms with Gasteiger partial charge < -0.3 is 19.6 Å². The molecule has 1 amide bonds. The number of para-hydroxylation sites is 1. The van der Waals surface area contributed by atoms with Crippen LogP contribution in [-0.4, -0.2) is 47.1 Å². The van der Waals surface area contributed by atoms with Crippen LogP contribution in [0.3, 0.4) is 0 Å². The number of rotatable bonds is 13. The van der Waals surface area contributed by atoms with Gasteiger partial charge in [0.1, 0.15) is 5.75 Å². The Morgan fingerprint density at radius 3 is 2.24 bits per heavy atom. The average molecular weight is 621 g/mol. The number of likely N-dealkylation sites (N-methyl/N-ethyl adjacent to an activating group) is 1. The molecule has 0 spiro atoms. The Bertz CT molecular complexity index is 1860. The van der Waals surface area contributed by atoms with E-state index in [0.717, 1.165) is 11.1 Å². The number of hydrogen-bond donors (Lipinski definition) is 2. The van der Waals surface area contributed by atoms with Crippen molar-refractivity contribution in [3.63, 3.8) is 0 Å². The summed E-state index contributed by atoms with van der Waals surface area (Å²) in [6.07, 6.45) is -1.11. The van der Waals surface area contributed by atoms with E-state index < -0.39 is 17.8 Å². The molecule has 1 aromatic heterocycles. The molecule has 2 N–H and O–H groups in total. The number of nitrogens with zero attached hydrogens (tertiary/aromatic N) is 3. The zero-order chi connectivity index (χ0) is 32.6. The lowest BCUT2D eigenvalue weighted by Gasteiger charge is -2.30. The Labute approximate surface area is 266 Å². The van der Waals surface area contributed by atoms with Crippen LogP contribution >= 0.6 is 0 Å². The molecule has 0 fully saturated rings. The molecule has 0 unspecified atom stereocenters. The Hall–Kier alpha value is -5.48. The number of nitrogens with one attached hydrogen (secondary N) is 1. The van der Waals surface area contributed by atoms with Crippen LogP contribution in [-0.2, 0) is 17.9 Å². The summed E-state index contributed by atoms with van der Waals surface area (Å²) in [5, 5.41) is 13.0. The number of aromatic nitrogens is 1. The van der Waals surface area contributed by atoms with Gasteiger partial charge in [-0.25, -0.2) is 9.59 Å². The molecule has 0 saturated heterocycles. The van der Waals surface area contributed by atoms with E-state index in [0.29, 0.717) is 41.2 Å². The number of amides is 1. The molecule has 0 saturated carbocycles. The Balaban J connectivity index is 1.38. The van der Waals surface area contributed by atoms with Gasteiger partial charge in [-0.2, -0.15) is 4.98 Å². The summed E-state index contributed by atoms with van der Waals surface area (Å²) < 4.78 is 10.8. The molecule has 0 aliphatic carbocycles. The standard InChI is InChI=1S/C36H36N4O6/c1-4-39(22-25-11-7-5-8-12-25)33(26-15-18-29(45-3)19-16-26)31(41)21-37-35-38-30-20-17-27(24(2)32(30)34(42)46-35)23-40(36(43)44)28-13-9-6-10-14-28/h5-20,33H,4,21-23H2,1-3H3,(H,37,38)(H,43,44)/t33-/m0/s1. The van der Waals surface area contributed by atoms with Crippen LogP contribution in [0.2, 0.25) is 0 Å². The summed E-state index contributed by atoms with van der Waals surface area (Å²) in [5.41, 5.74) is 3.36. The van der Waals surface area contributed by atoms with E-state index in [4.69, 9.17) is 9.15 Å². The quantitative estimate of drug-likeness (QED) is 0.153.